The number of hydrogen-bond donors (Lipinski definition) is 4. The van der Waals surface area contributed by atoms with Crippen molar-refractivity contribution in [2.24, 2.45) is 11.8 Å². The van der Waals surface area contributed by atoms with Gasteiger partial charge < -0.3 is 54.9 Å². The average molecular weight is 968 g/mol. The molecule has 1 aromatic carbocycles. The Bertz CT molecular complexity index is 2350. The molecule has 4 N–H and O–H groups in total. The molecule has 5 aromatic rings. The summed E-state index contributed by atoms with van der Waals surface area (Å²) in [5.41, 5.74) is 1.15. The van der Waals surface area contributed by atoms with E-state index in [0.717, 1.165) is 37.1 Å². The number of carbonyl (C=O) groups is 2. The van der Waals surface area contributed by atoms with Crippen LogP contribution in [0.5, 0.6) is 29.1 Å². The van der Waals surface area contributed by atoms with E-state index < -0.39 is 6.09 Å². The molecule has 2 saturated heterocycles. The number of amides is 2. The van der Waals surface area contributed by atoms with Crippen molar-refractivity contribution in [3.63, 3.8) is 0 Å². The fourth-order valence-electron chi connectivity index (χ4n) is 6.77. The first-order chi connectivity index (χ1) is 32.5. The van der Waals surface area contributed by atoms with Crippen molar-refractivity contribution in [3.05, 3.63) is 104 Å². The van der Waals surface area contributed by atoms with Crippen LogP contribution in [0.4, 0.5) is 21.0 Å². The Hall–Kier alpha value is -6.80. The van der Waals surface area contributed by atoms with Crippen LogP contribution in [-0.4, -0.2) is 107 Å². The maximum absolute atomic E-state index is 12.6. The van der Waals surface area contributed by atoms with Gasteiger partial charge in [-0.3, -0.25) is 0 Å². The zero-order valence-electron chi connectivity index (χ0n) is 39.3. The molecule has 0 radical (unpaired) electrons. The van der Waals surface area contributed by atoms with Gasteiger partial charge >= 0.3 is 12.2 Å². The molecule has 2 amide bonds. The molecule has 18 nitrogen and oxygen atoms in total. The van der Waals surface area contributed by atoms with E-state index in [1.807, 2.05) is 77.9 Å². The van der Waals surface area contributed by atoms with Crippen LogP contribution in [0.1, 0.15) is 67.2 Å². The Morgan fingerprint density at radius 2 is 1.15 bits per heavy atom. The van der Waals surface area contributed by atoms with Crippen molar-refractivity contribution >= 4 is 58.2 Å². The van der Waals surface area contributed by atoms with Crippen molar-refractivity contribution in [2.75, 3.05) is 50.0 Å². The molecule has 68 heavy (non-hydrogen) atoms. The van der Waals surface area contributed by atoms with E-state index in [2.05, 4.69) is 41.2 Å². The molecule has 7 rings (SSSR count). The van der Waals surface area contributed by atoms with Crippen LogP contribution in [0, 0.1) is 11.8 Å². The van der Waals surface area contributed by atoms with E-state index in [1.165, 1.54) is 0 Å². The highest BCUT2D eigenvalue weighted by atomic mass is 32.1. The third kappa shape index (κ3) is 17.8. The highest BCUT2D eigenvalue weighted by molar-refractivity contribution is 7.80. The van der Waals surface area contributed by atoms with Crippen LogP contribution < -0.4 is 45.1 Å². The number of nitrogens with zero attached hydrogens (tertiary/aromatic N) is 7. The van der Waals surface area contributed by atoms with Crippen LogP contribution in [-0.2, 0) is 0 Å². The molecule has 4 aromatic heterocycles. The van der Waals surface area contributed by atoms with Gasteiger partial charge in [0, 0.05) is 67.8 Å². The Morgan fingerprint density at radius 1 is 0.632 bits per heavy atom. The normalized spacial score (nSPS) is 14.3. The van der Waals surface area contributed by atoms with E-state index in [4.69, 9.17) is 48.2 Å². The smallest absolute Gasteiger partial charge is 0.416 e. The summed E-state index contributed by atoms with van der Waals surface area (Å²) in [6.07, 6.45) is 12.5. The summed E-state index contributed by atoms with van der Waals surface area (Å²) in [7, 11) is 0. The molecule has 2 aliphatic heterocycles. The van der Waals surface area contributed by atoms with Gasteiger partial charge in [-0.1, -0.05) is 6.07 Å². The number of piperidine rings is 2. The Kier molecular flexibility index (Phi) is 18.1. The van der Waals surface area contributed by atoms with Crippen LogP contribution in [0.25, 0.3) is 0 Å². The fourth-order valence-corrected chi connectivity index (χ4v) is 7.62. The molecule has 0 saturated carbocycles. The Morgan fingerprint density at radius 3 is 1.59 bits per heavy atom. The summed E-state index contributed by atoms with van der Waals surface area (Å²) >= 11 is 10.6. The number of ether oxygens (including phenoxy) is 4. The van der Waals surface area contributed by atoms with E-state index in [1.54, 1.807) is 82.2 Å². The number of anilines is 2. The van der Waals surface area contributed by atoms with Crippen LogP contribution in [0.15, 0.2) is 104 Å². The van der Waals surface area contributed by atoms with Crippen molar-refractivity contribution in [1.82, 2.24) is 45.1 Å². The molecule has 2 aliphatic rings. The fraction of sp³-hybridized carbons (Fsp3) is 0.417. The summed E-state index contributed by atoms with van der Waals surface area (Å²) in [6.45, 7) is 15.8. The number of thiocarbonyl (C=S) groups is 2. The number of benzene rings is 1. The Balaban J connectivity index is 0.000000230. The first-order valence-corrected chi connectivity index (χ1v) is 23.3. The SMILES string of the molecule is CC(C)(C)NC(=S)Nc1ccc(OC(=O)N2CCC(COc3ccc(Oc4ccccn4)cc3)CC2)nc1.CC(C)(C)NC(=S)Nc1ccc(OC(=O)N2CCC(COn3ccnc3)CC2)nc1. The number of imidazole rings is 1. The van der Waals surface area contributed by atoms with Gasteiger partial charge in [-0.15, -0.1) is 0 Å². The lowest BCUT2D eigenvalue weighted by Crippen LogP contribution is -2.43. The lowest BCUT2D eigenvalue weighted by molar-refractivity contribution is 0.0540. The van der Waals surface area contributed by atoms with Gasteiger partial charge in [0.15, 0.2) is 10.2 Å². The molecule has 362 valence electrons. The van der Waals surface area contributed by atoms with Crippen LogP contribution >= 0.6 is 24.4 Å². The number of pyridine rings is 3. The predicted molar refractivity (Wildman–Crippen MR) is 267 cm³/mol. The topological polar surface area (TPSA) is 191 Å². The highest BCUT2D eigenvalue weighted by Crippen LogP contribution is 2.25. The Labute approximate surface area is 408 Å². The first kappa shape index (κ1) is 50.6. The van der Waals surface area contributed by atoms with E-state index in [9.17, 15) is 9.59 Å². The molecule has 6 heterocycles. The number of carbonyl (C=O) groups excluding carboxylic acids is 2. The summed E-state index contributed by atoms with van der Waals surface area (Å²) in [6, 6.07) is 19.8. The number of aromatic nitrogens is 5. The maximum atomic E-state index is 12.6. The average Bonchev–Trinajstić information content (AvgIpc) is 3.83. The summed E-state index contributed by atoms with van der Waals surface area (Å²) < 4.78 is 24.1. The zero-order chi connectivity index (χ0) is 48.5. The van der Waals surface area contributed by atoms with Crippen molar-refractivity contribution in [3.8, 4) is 29.1 Å². The molecule has 0 spiro atoms. The summed E-state index contributed by atoms with van der Waals surface area (Å²) in [4.78, 5) is 50.6. The second-order valence-electron chi connectivity index (χ2n) is 18.3. The summed E-state index contributed by atoms with van der Waals surface area (Å²) in [5, 5.41) is 13.5. The van der Waals surface area contributed by atoms with Crippen molar-refractivity contribution in [1.29, 1.82) is 0 Å². The van der Waals surface area contributed by atoms with Gasteiger partial charge in [0.2, 0.25) is 17.6 Å². The molecular formula is C48H61N11O7S2. The van der Waals surface area contributed by atoms with Crippen LogP contribution in [0.2, 0.25) is 0 Å². The molecule has 20 heteroatoms. The monoisotopic (exact) mass is 967 g/mol. The van der Waals surface area contributed by atoms with Crippen LogP contribution in [0.3, 0.4) is 0 Å². The van der Waals surface area contributed by atoms with E-state index in [-0.39, 0.29) is 28.9 Å². The lowest BCUT2D eigenvalue weighted by Gasteiger charge is -2.31. The van der Waals surface area contributed by atoms with Gasteiger partial charge in [0.25, 0.3) is 0 Å². The molecule has 0 atom stereocenters. The standard InChI is InChI=1S/C28H33N5O4S.C20H28N6O3S/c1-28(2,3)32-26(38)31-21-7-12-25(30-18-21)37-27(34)33-16-13-20(14-17-33)19-35-22-8-10-23(11-9-22)36-24-6-4-5-15-29-24;1-20(2,3)24-18(30)23-16-4-5-17(22-12-16)29-19(27)25-9-6-15(7-10-25)13-28-26-11-8-21-14-26/h4-12,15,18,20H,13-14,16-17,19H2,1-3H3,(H2,31,32,38);4-5,8,11-12,14-15H,6-7,9-10,13H2,1-3H3,(H2,23,24,30). The maximum Gasteiger partial charge on any atom is 0.416 e. The van der Waals surface area contributed by atoms with Crippen molar-refractivity contribution in [2.45, 2.75) is 78.3 Å². The van der Waals surface area contributed by atoms with Gasteiger partial charge in [-0.05, 0) is 146 Å². The van der Waals surface area contributed by atoms with Gasteiger partial charge in [-0.25, -0.2) is 29.5 Å². The molecule has 0 aliphatic carbocycles. The number of rotatable bonds is 12. The largest absolute Gasteiger partial charge is 0.493 e. The highest BCUT2D eigenvalue weighted by Gasteiger charge is 2.26. The second kappa shape index (κ2) is 24.3. The summed E-state index contributed by atoms with van der Waals surface area (Å²) in [5.74, 6) is 3.28. The van der Waals surface area contributed by atoms with Gasteiger partial charge in [0.05, 0.1) is 36.6 Å². The molecule has 0 unspecified atom stereocenters. The minimum atomic E-state index is -0.397. The second-order valence-corrected chi connectivity index (χ2v) is 19.1. The van der Waals surface area contributed by atoms with Gasteiger partial charge in [0.1, 0.15) is 24.4 Å². The minimum Gasteiger partial charge on any atom is -0.493 e. The van der Waals surface area contributed by atoms with Crippen molar-refractivity contribution < 1.29 is 33.4 Å². The minimum absolute atomic E-state index is 0.133. The predicted octanol–water partition coefficient (Wildman–Crippen LogP) is 8.35. The molecular weight excluding hydrogens is 907 g/mol. The first-order valence-electron chi connectivity index (χ1n) is 22.5. The van der Waals surface area contributed by atoms with E-state index in [0.29, 0.717) is 78.8 Å². The van der Waals surface area contributed by atoms with Gasteiger partial charge in [-0.2, -0.15) is 4.73 Å². The van der Waals surface area contributed by atoms with E-state index >= 15 is 0 Å². The zero-order valence-corrected chi connectivity index (χ0v) is 41.0. The third-order valence-corrected chi connectivity index (χ3v) is 10.6. The lowest BCUT2D eigenvalue weighted by atomic mass is 9.98. The number of hydrogen-bond acceptors (Lipinski definition) is 13. The molecule has 2 fully saturated rings. The third-order valence-electron chi connectivity index (χ3n) is 10.2. The number of likely N-dealkylation sites (tertiary alicyclic amines) is 2. The molecule has 0 bridgehead atoms. The number of nitrogens with one attached hydrogen (secondary N) is 4. The quantitative estimate of drug-likeness (QED) is 0.0872.